The van der Waals surface area contributed by atoms with Crippen molar-refractivity contribution in [2.24, 2.45) is 0 Å². The molecule has 0 amide bonds. The van der Waals surface area contributed by atoms with Crippen LogP contribution in [0.25, 0.3) is 0 Å². The Morgan fingerprint density at radius 2 is 1.95 bits per heavy atom. The van der Waals surface area contributed by atoms with Gasteiger partial charge in [0.1, 0.15) is 11.3 Å². The molecular formula is C14H11Br2NO3. The van der Waals surface area contributed by atoms with Crippen LogP contribution in [0.3, 0.4) is 0 Å². The molecule has 2 rings (SSSR count). The maximum absolute atomic E-state index is 11.7. The van der Waals surface area contributed by atoms with Gasteiger partial charge in [-0.3, -0.25) is 0 Å². The molecule has 2 N–H and O–H groups in total. The average Bonchev–Trinajstić information content (AvgIpc) is 2.42. The molecule has 0 saturated carbocycles. The van der Waals surface area contributed by atoms with Crippen molar-refractivity contribution in [2.75, 3.05) is 12.8 Å². The highest BCUT2D eigenvalue weighted by Gasteiger charge is 2.17. The molecule has 0 radical (unpaired) electrons. The molecule has 0 unspecified atom stereocenters. The lowest BCUT2D eigenvalue weighted by atomic mass is 10.1. The van der Waals surface area contributed by atoms with Crippen LogP contribution in [-0.2, 0) is 4.74 Å². The van der Waals surface area contributed by atoms with E-state index in [4.69, 9.17) is 15.2 Å². The summed E-state index contributed by atoms with van der Waals surface area (Å²) in [6.45, 7) is 0. The minimum atomic E-state index is -0.500. The monoisotopic (exact) mass is 399 g/mol. The number of rotatable bonds is 3. The molecule has 6 heteroatoms. The van der Waals surface area contributed by atoms with E-state index in [2.05, 4.69) is 31.9 Å². The van der Waals surface area contributed by atoms with Crippen LogP contribution >= 0.6 is 31.9 Å². The Kier molecular flexibility index (Phi) is 4.67. The number of ether oxygens (including phenoxy) is 2. The highest BCUT2D eigenvalue weighted by Crippen LogP contribution is 2.36. The third-order valence-corrected chi connectivity index (χ3v) is 3.67. The number of halogens is 2. The fourth-order valence-corrected chi connectivity index (χ4v) is 2.74. The van der Waals surface area contributed by atoms with Gasteiger partial charge in [0, 0.05) is 4.47 Å². The Bertz CT molecular complexity index is 659. The summed E-state index contributed by atoms with van der Waals surface area (Å²) in [5.41, 5.74) is 6.53. The van der Waals surface area contributed by atoms with Crippen molar-refractivity contribution in [2.45, 2.75) is 0 Å². The van der Waals surface area contributed by atoms with Gasteiger partial charge in [-0.05, 0) is 46.3 Å². The van der Waals surface area contributed by atoms with Crippen LogP contribution < -0.4 is 10.5 Å². The summed E-state index contributed by atoms with van der Waals surface area (Å²) in [4.78, 5) is 11.7. The second kappa shape index (κ2) is 6.28. The standard InChI is InChI=1S/C14H11Br2NO3/c1-19-14(18)9-3-2-4-11(17)13(9)20-12-6-5-8(15)7-10(12)16/h2-7H,17H2,1H3. The summed E-state index contributed by atoms with van der Waals surface area (Å²) >= 11 is 6.76. The van der Waals surface area contributed by atoms with Gasteiger partial charge in [-0.1, -0.05) is 22.0 Å². The molecule has 104 valence electrons. The van der Waals surface area contributed by atoms with E-state index in [0.717, 1.165) is 8.95 Å². The van der Waals surface area contributed by atoms with Crippen LogP contribution in [0.5, 0.6) is 11.5 Å². The van der Waals surface area contributed by atoms with Crippen LogP contribution in [0.4, 0.5) is 5.69 Å². The molecule has 0 fully saturated rings. The molecule has 0 spiro atoms. The Morgan fingerprint density at radius 3 is 2.60 bits per heavy atom. The number of carbonyl (C=O) groups is 1. The first-order valence-corrected chi connectivity index (χ1v) is 7.21. The van der Waals surface area contributed by atoms with E-state index >= 15 is 0 Å². The first kappa shape index (κ1) is 14.9. The van der Waals surface area contributed by atoms with Gasteiger partial charge in [-0.25, -0.2) is 4.79 Å². The minimum absolute atomic E-state index is 0.280. The molecule has 4 nitrogen and oxygen atoms in total. The number of hydrogen-bond acceptors (Lipinski definition) is 4. The van der Waals surface area contributed by atoms with Gasteiger partial charge in [0.05, 0.1) is 17.3 Å². The SMILES string of the molecule is COC(=O)c1cccc(N)c1Oc1ccc(Br)cc1Br. The summed E-state index contributed by atoms with van der Waals surface area (Å²) < 4.78 is 12.1. The molecule has 0 atom stereocenters. The first-order chi connectivity index (χ1) is 9.52. The second-order valence-electron chi connectivity index (χ2n) is 3.89. The van der Waals surface area contributed by atoms with Crippen molar-refractivity contribution in [1.82, 2.24) is 0 Å². The van der Waals surface area contributed by atoms with E-state index in [9.17, 15) is 4.79 Å². The smallest absolute Gasteiger partial charge is 0.341 e. The van der Waals surface area contributed by atoms with Gasteiger partial charge in [0.25, 0.3) is 0 Å². The molecule has 0 aliphatic rings. The number of hydrogen-bond donors (Lipinski definition) is 1. The van der Waals surface area contributed by atoms with E-state index in [1.165, 1.54) is 7.11 Å². The third-order valence-electron chi connectivity index (χ3n) is 2.56. The lowest BCUT2D eigenvalue weighted by molar-refractivity contribution is 0.0598. The molecule has 0 aromatic heterocycles. The van der Waals surface area contributed by atoms with E-state index < -0.39 is 5.97 Å². The van der Waals surface area contributed by atoms with Gasteiger partial charge in [-0.2, -0.15) is 0 Å². The predicted octanol–water partition coefficient (Wildman–Crippen LogP) is 4.37. The van der Waals surface area contributed by atoms with E-state index in [1.54, 1.807) is 24.3 Å². The summed E-state index contributed by atoms with van der Waals surface area (Å²) in [7, 11) is 1.31. The van der Waals surface area contributed by atoms with Gasteiger partial charge in [0.15, 0.2) is 5.75 Å². The van der Waals surface area contributed by atoms with E-state index in [1.807, 2.05) is 12.1 Å². The average molecular weight is 401 g/mol. The number of methoxy groups -OCH3 is 1. The normalized spacial score (nSPS) is 10.2. The maximum Gasteiger partial charge on any atom is 0.341 e. The number of esters is 1. The van der Waals surface area contributed by atoms with Gasteiger partial charge in [-0.15, -0.1) is 0 Å². The predicted molar refractivity (Wildman–Crippen MR) is 84.1 cm³/mol. The van der Waals surface area contributed by atoms with Crippen molar-refractivity contribution in [1.29, 1.82) is 0 Å². The Hall–Kier alpha value is -1.53. The van der Waals surface area contributed by atoms with E-state index in [0.29, 0.717) is 11.4 Å². The van der Waals surface area contributed by atoms with Gasteiger partial charge >= 0.3 is 5.97 Å². The van der Waals surface area contributed by atoms with Crippen molar-refractivity contribution >= 4 is 43.5 Å². The van der Waals surface area contributed by atoms with Crippen LogP contribution in [-0.4, -0.2) is 13.1 Å². The van der Waals surface area contributed by atoms with E-state index in [-0.39, 0.29) is 11.3 Å². The summed E-state index contributed by atoms with van der Waals surface area (Å²) in [6.07, 6.45) is 0. The fourth-order valence-electron chi connectivity index (χ4n) is 1.61. The highest BCUT2D eigenvalue weighted by molar-refractivity contribution is 9.11. The van der Waals surface area contributed by atoms with Crippen molar-refractivity contribution < 1.29 is 14.3 Å². The Morgan fingerprint density at radius 1 is 1.20 bits per heavy atom. The topological polar surface area (TPSA) is 61.5 Å². The lowest BCUT2D eigenvalue weighted by Crippen LogP contribution is -2.05. The van der Waals surface area contributed by atoms with Crippen LogP contribution in [0.15, 0.2) is 45.3 Å². The number of anilines is 1. The zero-order chi connectivity index (χ0) is 14.7. The fraction of sp³-hybridized carbons (Fsp3) is 0.0714. The Labute approximate surface area is 133 Å². The largest absolute Gasteiger partial charge is 0.465 e. The van der Waals surface area contributed by atoms with Crippen LogP contribution in [0, 0.1) is 0 Å². The number of nitrogen functional groups attached to an aromatic ring is 1. The highest BCUT2D eigenvalue weighted by atomic mass is 79.9. The molecule has 2 aromatic rings. The van der Waals surface area contributed by atoms with Crippen molar-refractivity contribution in [3.05, 3.63) is 50.9 Å². The summed E-state index contributed by atoms with van der Waals surface area (Å²) in [5, 5.41) is 0. The number of para-hydroxylation sites is 1. The summed E-state index contributed by atoms with van der Waals surface area (Å²) in [5.74, 6) is 0.333. The van der Waals surface area contributed by atoms with Crippen LogP contribution in [0.2, 0.25) is 0 Å². The zero-order valence-corrected chi connectivity index (χ0v) is 13.7. The van der Waals surface area contributed by atoms with Gasteiger partial charge < -0.3 is 15.2 Å². The zero-order valence-electron chi connectivity index (χ0n) is 10.5. The van der Waals surface area contributed by atoms with Gasteiger partial charge in [0.2, 0.25) is 0 Å². The number of carbonyl (C=O) groups excluding carboxylic acids is 1. The van der Waals surface area contributed by atoms with Crippen molar-refractivity contribution in [3.8, 4) is 11.5 Å². The molecule has 0 heterocycles. The third kappa shape index (κ3) is 3.13. The first-order valence-electron chi connectivity index (χ1n) is 5.62. The Balaban J connectivity index is 2.45. The molecule has 0 aliphatic heterocycles. The number of benzene rings is 2. The summed E-state index contributed by atoms with van der Waals surface area (Å²) in [6, 6.07) is 10.4. The molecule has 2 aromatic carbocycles. The number of nitrogens with two attached hydrogens (primary N) is 1. The molecule has 0 saturated heterocycles. The lowest BCUT2D eigenvalue weighted by Gasteiger charge is -2.13. The quantitative estimate of drug-likeness (QED) is 0.613. The molecule has 0 aliphatic carbocycles. The molecule has 0 bridgehead atoms. The second-order valence-corrected chi connectivity index (χ2v) is 5.66. The van der Waals surface area contributed by atoms with Crippen LogP contribution in [0.1, 0.15) is 10.4 Å². The maximum atomic E-state index is 11.7. The molecular weight excluding hydrogens is 390 g/mol. The van der Waals surface area contributed by atoms with Crippen molar-refractivity contribution in [3.63, 3.8) is 0 Å². The molecule has 20 heavy (non-hydrogen) atoms. The minimum Gasteiger partial charge on any atom is -0.465 e.